The van der Waals surface area contributed by atoms with E-state index in [0.717, 1.165) is 10.0 Å². The van der Waals surface area contributed by atoms with Crippen molar-refractivity contribution in [2.24, 2.45) is 5.73 Å². The van der Waals surface area contributed by atoms with Gasteiger partial charge < -0.3 is 20.5 Å². The van der Waals surface area contributed by atoms with Gasteiger partial charge in [-0.15, -0.1) is 0 Å². The zero-order valence-corrected chi connectivity index (χ0v) is 12.9. The van der Waals surface area contributed by atoms with E-state index < -0.39 is 0 Å². The molecule has 1 aromatic carbocycles. The quantitative estimate of drug-likeness (QED) is 0.834. The van der Waals surface area contributed by atoms with Gasteiger partial charge in [0.05, 0.1) is 18.7 Å². The SMILES string of the molecule is COc1cc(CNC(=O)CC(C)N)cc(Br)c1OC. The standard InChI is InChI=1S/C13H19BrN2O3/c1-8(15)4-12(17)16-7-9-5-10(14)13(19-3)11(6-9)18-2/h5-6,8H,4,7,15H2,1-3H3,(H,16,17). The molecule has 0 bridgehead atoms. The summed E-state index contributed by atoms with van der Waals surface area (Å²) in [5.74, 6) is 1.18. The van der Waals surface area contributed by atoms with E-state index in [0.29, 0.717) is 24.5 Å². The Morgan fingerprint density at radius 1 is 1.42 bits per heavy atom. The van der Waals surface area contributed by atoms with Crippen LogP contribution in [-0.2, 0) is 11.3 Å². The number of carbonyl (C=O) groups excluding carboxylic acids is 1. The molecule has 106 valence electrons. The maximum Gasteiger partial charge on any atom is 0.221 e. The molecule has 0 aliphatic rings. The van der Waals surface area contributed by atoms with Crippen LogP contribution in [0, 0.1) is 0 Å². The van der Waals surface area contributed by atoms with Crippen molar-refractivity contribution < 1.29 is 14.3 Å². The van der Waals surface area contributed by atoms with E-state index in [1.54, 1.807) is 21.1 Å². The second kappa shape index (κ2) is 7.35. The van der Waals surface area contributed by atoms with Gasteiger partial charge in [-0.3, -0.25) is 4.79 Å². The first-order chi connectivity index (χ1) is 8.97. The molecular weight excluding hydrogens is 312 g/mol. The zero-order valence-electron chi connectivity index (χ0n) is 11.3. The normalized spacial score (nSPS) is 11.8. The number of nitrogens with one attached hydrogen (secondary N) is 1. The van der Waals surface area contributed by atoms with Gasteiger partial charge in [0.1, 0.15) is 0 Å². The smallest absolute Gasteiger partial charge is 0.221 e. The third kappa shape index (κ3) is 4.72. The Balaban J connectivity index is 2.74. The van der Waals surface area contributed by atoms with Crippen molar-refractivity contribution in [3.63, 3.8) is 0 Å². The van der Waals surface area contributed by atoms with Crippen molar-refractivity contribution >= 4 is 21.8 Å². The van der Waals surface area contributed by atoms with Crippen molar-refractivity contribution in [3.8, 4) is 11.5 Å². The summed E-state index contributed by atoms with van der Waals surface area (Å²) in [4.78, 5) is 11.5. The van der Waals surface area contributed by atoms with Crippen LogP contribution in [0.25, 0.3) is 0 Å². The molecule has 3 N–H and O–H groups in total. The number of rotatable bonds is 6. The molecule has 0 aliphatic carbocycles. The molecule has 1 amide bonds. The summed E-state index contributed by atoms with van der Waals surface area (Å²) in [6.45, 7) is 2.22. The fourth-order valence-electron chi connectivity index (χ4n) is 1.64. The van der Waals surface area contributed by atoms with Gasteiger partial charge in [-0.05, 0) is 40.5 Å². The van der Waals surface area contributed by atoms with Crippen molar-refractivity contribution in [1.82, 2.24) is 5.32 Å². The molecule has 0 spiro atoms. The number of hydrogen-bond donors (Lipinski definition) is 2. The second-order valence-corrected chi connectivity index (χ2v) is 5.13. The second-order valence-electron chi connectivity index (χ2n) is 4.27. The Hall–Kier alpha value is -1.27. The summed E-state index contributed by atoms with van der Waals surface area (Å²) in [5.41, 5.74) is 6.48. The molecule has 1 atom stereocenters. The lowest BCUT2D eigenvalue weighted by molar-refractivity contribution is -0.121. The fourth-order valence-corrected chi connectivity index (χ4v) is 2.29. The molecule has 0 heterocycles. The highest BCUT2D eigenvalue weighted by Crippen LogP contribution is 2.36. The number of hydrogen-bond acceptors (Lipinski definition) is 4. The third-order valence-corrected chi connectivity index (χ3v) is 3.08. The first kappa shape index (κ1) is 15.8. The van der Waals surface area contributed by atoms with Crippen LogP contribution in [0.1, 0.15) is 18.9 Å². The van der Waals surface area contributed by atoms with E-state index in [1.807, 2.05) is 12.1 Å². The Morgan fingerprint density at radius 2 is 2.11 bits per heavy atom. The Bertz CT molecular complexity index is 450. The predicted molar refractivity (Wildman–Crippen MR) is 77.4 cm³/mol. The molecule has 19 heavy (non-hydrogen) atoms. The van der Waals surface area contributed by atoms with E-state index in [-0.39, 0.29) is 11.9 Å². The largest absolute Gasteiger partial charge is 0.493 e. The lowest BCUT2D eigenvalue weighted by atomic mass is 10.2. The van der Waals surface area contributed by atoms with Crippen molar-refractivity contribution in [3.05, 3.63) is 22.2 Å². The van der Waals surface area contributed by atoms with Crippen LogP contribution in [0.4, 0.5) is 0 Å². The van der Waals surface area contributed by atoms with Crippen LogP contribution in [0.15, 0.2) is 16.6 Å². The minimum Gasteiger partial charge on any atom is -0.493 e. The van der Waals surface area contributed by atoms with Crippen LogP contribution in [0.3, 0.4) is 0 Å². The highest BCUT2D eigenvalue weighted by atomic mass is 79.9. The van der Waals surface area contributed by atoms with E-state index in [9.17, 15) is 4.79 Å². The zero-order chi connectivity index (χ0) is 14.4. The number of carbonyl (C=O) groups is 1. The summed E-state index contributed by atoms with van der Waals surface area (Å²) in [7, 11) is 3.15. The lowest BCUT2D eigenvalue weighted by Gasteiger charge is -2.13. The Morgan fingerprint density at radius 3 is 2.63 bits per heavy atom. The van der Waals surface area contributed by atoms with Crippen LogP contribution in [-0.4, -0.2) is 26.2 Å². The number of nitrogens with two attached hydrogens (primary N) is 1. The van der Waals surface area contributed by atoms with Gasteiger partial charge in [0.2, 0.25) is 5.91 Å². The van der Waals surface area contributed by atoms with Gasteiger partial charge in [-0.2, -0.15) is 0 Å². The van der Waals surface area contributed by atoms with Crippen LogP contribution < -0.4 is 20.5 Å². The Labute approximate surface area is 121 Å². The highest BCUT2D eigenvalue weighted by molar-refractivity contribution is 9.10. The van der Waals surface area contributed by atoms with E-state index in [1.165, 1.54) is 0 Å². The molecular formula is C13H19BrN2O3. The van der Waals surface area contributed by atoms with Crippen LogP contribution in [0.5, 0.6) is 11.5 Å². The lowest BCUT2D eigenvalue weighted by Crippen LogP contribution is -2.29. The monoisotopic (exact) mass is 330 g/mol. The summed E-state index contributed by atoms with van der Waals surface area (Å²) < 4.78 is 11.2. The van der Waals surface area contributed by atoms with Crippen LogP contribution in [0.2, 0.25) is 0 Å². The average Bonchev–Trinajstić information content (AvgIpc) is 2.34. The van der Waals surface area contributed by atoms with Gasteiger partial charge in [-0.25, -0.2) is 0 Å². The van der Waals surface area contributed by atoms with Gasteiger partial charge >= 0.3 is 0 Å². The summed E-state index contributed by atoms with van der Waals surface area (Å²) in [5, 5.41) is 2.81. The molecule has 1 unspecified atom stereocenters. The van der Waals surface area contributed by atoms with E-state index in [2.05, 4.69) is 21.2 Å². The number of ether oxygens (including phenoxy) is 2. The molecule has 1 aromatic rings. The third-order valence-electron chi connectivity index (χ3n) is 2.49. The topological polar surface area (TPSA) is 73.6 Å². The number of halogens is 1. The van der Waals surface area contributed by atoms with Gasteiger partial charge in [0.25, 0.3) is 0 Å². The number of benzene rings is 1. The molecule has 0 saturated carbocycles. The van der Waals surface area contributed by atoms with Crippen molar-refractivity contribution in [2.75, 3.05) is 14.2 Å². The minimum atomic E-state index is -0.142. The first-order valence-corrected chi connectivity index (χ1v) is 6.70. The molecule has 1 rings (SSSR count). The van der Waals surface area contributed by atoms with Gasteiger partial charge in [0, 0.05) is 19.0 Å². The summed E-state index contributed by atoms with van der Waals surface area (Å²) in [6.07, 6.45) is 0.314. The summed E-state index contributed by atoms with van der Waals surface area (Å²) in [6, 6.07) is 3.57. The summed E-state index contributed by atoms with van der Waals surface area (Å²) >= 11 is 3.41. The maximum atomic E-state index is 11.5. The first-order valence-electron chi connectivity index (χ1n) is 5.90. The van der Waals surface area contributed by atoms with Crippen molar-refractivity contribution in [2.45, 2.75) is 25.9 Å². The molecule has 6 heteroatoms. The van der Waals surface area contributed by atoms with Gasteiger partial charge in [0.15, 0.2) is 11.5 Å². The maximum absolute atomic E-state index is 11.5. The highest BCUT2D eigenvalue weighted by Gasteiger charge is 2.11. The van der Waals surface area contributed by atoms with E-state index >= 15 is 0 Å². The fraction of sp³-hybridized carbons (Fsp3) is 0.462. The van der Waals surface area contributed by atoms with Crippen molar-refractivity contribution in [1.29, 1.82) is 0 Å². The molecule has 0 fully saturated rings. The molecule has 5 nitrogen and oxygen atoms in total. The molecule has 0 aromatic heterocycles. The minimum absolute atomic E-state index is 0.0686. The predicted octanol–water partition coefficient (Wildman–Crippen LogP) is 1.82. The van der Waals surface area contributed by atoms with Gasteiger partial charge in [-0.1, -0.05) is 0 Å². The molecule has 0 saturated heterocycles. The van der Waals surface area contributed by atoms with Crippen LogP contribution >= 0.6 is 15.9 Å². The average molecular weight is 331 g/mol. The Kier molecular flexibility index (Phi) is 6.11. The molecule has 0 aliphatic heterocycles. The number of methoxy groups -OCH3 is 2. The number of amides is 1. The van der Waals surface area contributed by atoms with E-state index in [4.69, 9.17) is 15.2 Å². The molecule has 0 radical (unpaired) electrons.